The summed E-state index contributed by atoms with van der Waals surface area (Å²) in [4.78, 5) is 33.6. The number of hydrogen-bond acceptors (Lipinski definition) is 7. The monoisotopic (exact) mass is 432 g/mol. The molecule has 2 amide bonds. The maximum absolute atomic E-state index is 11.8. The first-order valence-corrected chi connectivity index (χ1v) is 9.26. The first-order valence-electron chi connectivity index (χ1n) is 8.85. The highest BCUT2D eigenvalue weighted by Gasteiger charge is 2.09. The van der Waals surface area contributed by atoms with E-state index in [2.05, 4.69) is 16.2 Å². The molecule has 0 atom stereocenters. The molecule has 11 heteroatoms. The molecule has 0 spiro atoms. The van der Waals surface area contributed by atoms with Gasteiger partial charge in [0.15, 0.2) is 18.3 Å². The molecule has 0 aliphatic rings. The number of amides is 2. The number of nitro groups is 1. The van der Waals surface area contributed by atoms with Crippen molar-refractivity contribution in [3.8, 4) is 11.5 Å². The first-order chi connectivity index (χ1) is 14.4. The molecule has 2 rings (SSSR count). The van der Waals surface area contributed by atoms with Gasteiger partial charge >= 0.3 is 0 Å². The van der Waals surface area contributed by atoms with Crippen LogP contribution in [0.15, 0.2) is 48.5 Å². The highest BCUT2D eigenvalue weighted by Crippen LogP contribution is 2.17. The molecule has 0 heterocycles. The van der Waals surface area contributed by atoms with E-state index in [9.17, 15) is 19.7 Å². The number of carbonyl (C=O) groups excluding carboxylic acids is 2. The standard InChI is InChI=1S/C19H20N4O6S/c1-2-13-3-7-15(8-4-13)28-11-17(24)20-19(30)22-21-18(25)12-29-16-9-5-14(6-10-16)23(26)27/h3-10H,2,11-12H2,1H3,(H,21,25)(H2,20,22,24,30). The maximum Gasteiger partial charge on any atom is 0.276 e. The maximum atomic E-state index is 11.8. The number of nitrogens with one attached hydrogen (secondary N) is 3. The summed E-state index contributed by atoms with van der Waals surface area (Å²) >= 11 is 4.91. The Morgan fingerprint density at radius 3 is 2.00 bits per heavy atom. The van der Waals surface area contributed by atoms with Crippen molar-refractivity contribution in [3.05, 3.63) is 64.2 Å². The Morgan fingerprint density at radius 2 is 1.47 bits per heavy atom. The summed E-state index contributed by atoms with van der Waals surface area (Å²) in [6, 6.07) is 12.6. The smallest absolute Gasteiger partial charge is 0.276 e. The second-order valence-corrected chi connectivity index (χ2v) is 6.28. The lowest BCUT2D eigenvalue weighted by Gasteiger charge is -2.12. The van der Waals surface area contributed by atoms with E-state index in [-0.39, 0.29) is 29.8 Å². The molecular formula is C19H20N4O6S. The second-order valence-electron chi connectivity index (χ2n) is 5.88. The number of benzene rings is 2. The number of ether oxygens (including phenoxy) is 2. The fourth-order valence-corrected chi connectivity index (χ4v) is 2.30. The summed E-state index contributed by atoms with van der Waals surface area (Å²) in [5, 5.41) is 12.8. The zero-order valence-electron chi connectivity index (χ0n) is 16.0. The average Bonchev–Trinajstić information content (AvgIpc) is 2.75. The number of hydrazine groups is 1. The van der Waals surface area contributed by atoms with Gasteiger partial charge in [0, 0.05) is 12.1 Å². The van der Waals surface area contributed by atoms with E-state index in [0.29, 0.717) is 5.75 Å². The Balaban J connectivity index is 1.64. The van der Waals surface area contributed by atoms with Crippen LogP contribution in [0.5, 0.6) is 11.5 Å². The van der Waals surface area contributed by atoms with E-state index in [1.807, 2.05) is 19.1 Å². The van der Waals surface area contributed by atoms with Gasteiger partial charge in [-0.05, 0) is 48.5 Å². The summed E-state index contributed by atoms with van der Waals surface area (Å²) in [5.74, 6) is -0.227. The molecule has 0 unspecified atom stereocenters. The van der Waals surface area contributed by atoms with E-state index in [1.54, 1.807) is 12.1 Å². The fraction of sp³-hybridized carbons (Fsp3) is 0.211. The normalized spacial score (nSPS) is 9.90. The van der Waals surface area contributed by atoms with E-state index < -0.39 is 16.7 Å². The minimum absolute atomic E-state index is 0.0866. The van der Waals surface area contributed by atoms with Crippen LogP contribution in [0.1, 0.15) is 12.5 Å². The van der Waals surface area contributed by atoms with E-state index in [1.165, 1.54) is 24.3 Å². The van der Waals surface area contributed by atoms with Crippen LogP contribution in [0.25, 0.3) is 0 Å². The van der Waals surface area contributed by atoms with Crippen LogP contribution < -0.4 is 25.6 Å². The number of rotatable bonds is 8. The molecule has 0 aliphatic carbocycles. The van der Waals surface area contributed by atoms with Crippen LogP contribution in [-0.2, 0) is 16.0 Å². The topological polar surface area (TPSA) is 132 Å². The van der Waals surface area contributed by atoms with Crippen LogP contribution >= 0.6 is 12.2 Å². The Hall–Kier alpha value is -3.73. The van der Waals surface area contributed by atoms with Gasteiger partial charge in [-0.15, -0.1) is 0 Å². The van der Waals surface area contributed by atoms with Crippen molar-refractivity contribution in [2.24, 2.45) is 0 Å². The molecule has 30 heavy (non-hydrogen) atoms. The highest BCUT2D eigenvalue weighted by molar-refractivity contribution is 7.80. The summed E-state index contributed by atoms with van der Waals surface area (Å²) in [7, 11) is 0. The van der Waals surface area contributed by atoms with Crippen molar-refractivity contribution in [1.82, 2.24) is 16.2 Å². The summed E-state index contributed by atoms with van der Waals surface area (Å²) < 4.78 is 10.6. The van der Waals surface area contributed by atoms with Gasteiger partial charge in [-0.3, -0.25) is 35.9 Å². The molecule has 158 valence electrons. The number of nitro benzene ring substituents is 1. The largest absolute Gasteiger partial charge is 0.484 e. The van der Waals surface area contributed by atoms with Gasteiger partial charge in [0.2, 0.25) is 0 Å². The lowest BCUT2D eigenvalue weighted by molar-refractivity contribution is -0.384. The molecule has 0 saturated heterocycles. The van der Waals surface area contributed by atoms with Gasteiger partial charge in [-0.2, -0.15) is 0 Å². The summed E-state index contributed by atoms with van der Waals surface area (Å²) in [5.41, 5.74) is 5.69. The van der Waals surface area contributed by atoms with E-state index in [0.717, 1.165) is 12.0 Å². The number of hydrogen-bond donors (Lipinski definition) is 3. The van der Waals surface area contributed by atoms with Crippen molar-refractivity contribution in [3.63, 3.8) is 0 Å². The summed E-state index contributed by atoms with van der Waals surface area (Å²) in [6.07, 6.45) is 0.908. The molecule has 2 aromatic rings. The van der Waals surface area contributed by atoms with Gasteiger partial charge in [0.1, 0.15) is 11.5 Å². The number of non-ortho nitro benzene ring substituents is 1. The van der Waals surface area contributed by atoms with E-state index >= 15 is 0 Å². The van der Waals surface area contributed by atoms with Crippen molar-refractivity contribution < 1.29 is 24.0 Å². The lowest BCUT2D eigenvalue weighted by Crippen LogP contribution is -2.50. The number of nitrogens with zero attached hydrogens (tertiary/aromatic N) is 1. The van der Waals surface area contributed by atoms with Gasteiger partial charge in [-0.1, -0.05) is 19.1 Å². The minimum atomic E-state index is -0.572. The van der Waals surface area contributed by atoms with Gasteiger partial charge in [0.05, 0.1) is 4.92 Å². The molecule has 0 bridgehead atoms. The van der Waals surface area contributed by atoms with Crippen LogP contribution in [0.2, 0.25) is 0 Å². The third-order valence-electron chi connectivity index (χ3n) is 3.69. The molecule has 0 saturated carbocycles. The molecule has 10 nitrogen and oxygen atoms in total. The average molecular weight is 432 g/mol. The first kappa shape index (κ1) is 22.6. The zero-order chi connectivity index (χ0) is 21.9. The SMILES string of the molecule is CCc1ccc(OCC(=O)NC(=S)NNC(=O)COc2ccc([N+](=O)[O-])cc2)cc1. The van der Waals surface area contributed by atoms with Crippen LogP contribution in [0, 0.1) is 10.1 Å². The van der Waals surface area contributed by atoms with Gasteiger partial charge < -0.3 is 9.47 Å². The van der Waals surface area contributed by atoms with Crippen molar-refractivity contribution in [1.29, 1.82) is 0 Å². The molecule has 2 aromatic carbocycles. The number of aryl methyl sites for hydroxylation is 1. The molecule has 0 radical (unpaired) electrons. The van der Waals surface area contributed by atoms with Crippen molar-refractivity contribution >= 4 is 34.8 Å². The third kappa shape index (κ3) is 7.72. The van der Waals surface area contributed by atoms with Gasteiger partial charge in [-0.25, -0.2) is 0 Å². The Kier molecular flexibility index (Phi) is 8.51. The van der Waals surface area contributed by atoms with Crippen LogP contribution in [-0.4, -0.2) is 35.1 Å². The zero-order valence-corrected chi connectivity index (χ0v) is 16.9. The van der Waals surface area contributed by atoms with Crippen LogP contribution in [0.3, 0.4) is 0 Å². The molecule has 0 fully saturated rings. The van der Waals surface area contributed by atoms with E-state index in [4.69, 9.17) is 21.7 Å². The number of carbonyl (C=O) groups is 2. The summed E-state index contributed by atoms with van der Waals surface area (Å²) in [6.45, 7) is 1.43. The molecule has 0 aromatic heterocycles. The van der Waals surface area contributed by atoms with Crippen LogP contribution in [0.4, 0.5) is 5.69 Å². The fourth-order valence-electron chi connectivity index (χ4n) is 2.14. The Labute approximate surface area is 177 Å². The Morgan fingerprint density at radius 1 is 0.933 bits per heavy atom. The van der Waals surface area contributed by atoms with Gasteiger partial charge in [0.25, 0.3) is 17.5 Å². The highest BCUT2D eigenvalue weighted by atomic mass is 32.1. The second kappa shape index (κ2) is 11.3. The molecule has 0 aliphatic heterocycles. The molecular weight excluding hydrogens is 412 g/mol. The predicted molar refractivity (Wildman–Crippen MR) is 112 cm³/mol. The predicted octanol–water partition coefficient (Wildman–Crippen LogP) is 1.64. The number of thiocarbonyl (C=S) groups is 1. The van der Waals surface area contributed by atoms with Crippen molar-refractivity contribution in [2.45, 2.75) is 13.3 Å². The lowest BCUT2D eigenvalue weighted by atomic mass is 10.2. The Bertz CT molecular complexity index is 902. The van der Waals surface area contributed by atoms with Crippen molar-refractivity contribution in [2.75, 3.05) is 13.2 Å². The minimum Gasteiger partial charge on any atom is -0.484 e. The third-order valence-corrected chi connectivity index (χ3v) is 3.89. The molecule has 3 N–H and O–H groups in total. The quantitative estimate of drug-likeness (QED) is 0.326.